The Kier molecular flexibility index (Phi) is 4.72. The first-order chi connectivity index (χ1) is 9.99. The van der Waals surface area contributed by atoms with Gasteiger partial charge in [-0.2, -0.15) is 0 Å². The van der Waals surface area contributed by atoms with Crippen molar-refractivity contribution in [3.05, 3.63) is 57.6 Å². The number of benzene rings is 2. The van der Waals surface area contributed by atoms with Crippen LogP contribution in [-0.4, -0.2) is 0 Å². The topological polar surface area (TPSA) is 9.23 Å². The first kappa shape index (κ1) is 15.6. The minimum Gasteiger partial charge on any atom is -0.457 e. The van der Waals surface area contributed by atoms with Gasteiger partial charge in [-0.1, -0.05) is 26.0 Å². The van der Waals surface area contributed by atoms with Crippen LogP contribution in [0.5, 0.6) is 11.5 Å². The highest BCUT2D eigenvalue weighted by Gasteiger charge is 2.12. The molecule has 2 aromatic rings. The quantitative estimate of drug-likeness (QED) is 0.684. The van der Waals surface area contributed by atoms with E-state index in [-0.39, 0.29) is 0 Å². The molecule has 0 atom stereocenters. The molecule has 0 amide bonds. The van der Waals surface area contributed by atoms with Crippen LogP contribution < -0.4 is 4.74 Å². The predicted octanol–water partition coefficient (Wildman–Crippen LogP) is 5.84. The zero-order valence-electron chi connectivity index (χ0n) is 14.1. The van der Waals surface area contributed by atoms with Gasteiger partial charge < -0.3 is 4.74 Å². The van der Waals surface area contributed by atoms with Crippen molar-refractivity contribution in [2.45, 2.75) is 54.4 Å². The molecular weight excluding hydrogens is 256 g/mol. The van der Waals surface area contributed by atoms with Crippen LogP contribution in [0.2, 0.25) is 0 Å². The maximum atomic E-state index is 6.29. The molecule has 0 aliphatic heterocycles. The molecule has 0 saturated carbocycles. The Morgan fingerprint density at radius 2 is 1.05 bits per heavy atom. The highest BCUT2D eigenvalue weighted by atomic mass is 16.5. The van der Waals surface area contributed by atoms with E-state index in [4.69, 9.17) is 4.74 Å². The number of ether oxygens (including phenoxy) is 1. The number of hydrogen-bond donors (Lipinski definition) is 0. The maximum absolute atomic E-state index is 6.29. The summed E-state index contributed by atoms with van der Waals surface area (Å²) in [5.74, 6) is 2.00. The van der Waals surface area contributed by atoms with Crippen LogP contribution in [0.1, 0.15) is 47.2 Å². The van der Waals surface area contributed by atoms with Gasteiger partial charge >= 0.3 is 0 Å². The number of rotatable bonds is 4. The smallest absolute Gasteiger partial charge is 0.130 e. The molecule has 0 spiro atoms. The second-order valence-electron chi connectivity index (χ2n) is 5.78. The summed E-state index contributed by atoms with van der Waals surface area (Å²) in [7, 11) is 0. The molecule has 0 N–H and O–H groups in total. The van der Waals surface area contributed by atoms with E-state index in [1.165, 1.54) is 33.4 Å². The van der Waals surface area contributed by atoms with E-state index in [0.717, 1.165) is 24.3 Å². The third-order valence-electron chi connectivity index (χ3n) is 4.58. The van der Waals surface area contributed by atoms with Crippen LogP contribution in [0.15, 0.2) is 24.3 Å². The molecule has 0 bridgehead atoms. The van der Waals surface area contributed by atoms with Gasteiger partial charge in [0.2, 0.25) is 0 Å². The van der Waals surface area contributed by atoms with Crippen LogP contribution >= 0.6 is 0 Å². The van der Waals surface area contributed by atoms with E-state index in [9.17, 15) is 0 Å². The molecule has 0 aliphatic carbocycles. The maximum Gasteiger partial charge on any atom is 0.130 e. The Bertz CT molecular complexity index is 596. The molecule has 1 nitrogen and oxygen atoms in total. The van der Waals surface area contributed by atoms with Crippen molar-refractivity contribution in [3.63, 3.8) is 0 Å². The third kappa shape index (κ3) is 2.97. The summed E-state index contributed by atoms with van der Waals surface area (Å²) in [5, 5.41) is 0. The summed E-state index contributed by atoms with van der Waals surface area (Å²) in [6.07, 6.45) is 1.99. The fourth-order valence-electron chi connectivity index (χ4n) is 2.89. The molecule has 2 rings (SSSR count). The molecule has 0 fully saturated rings. The average molecular weight is 282 g/mol. The first-order valence-electron chi connectivity index (χ1n) is 7.85. The normalized spacial score (nSPS) is 10.8. The minimum atomic E-state index is 0.995. The van der Waals surface area contributed by atoms with E-state index in [1.807, 2.05) is 0 Å². The molecule has 0 saturated heterocycles. The average Bonchev–Trinajstić information content (AvgIpc) is 2.47. The van der Waals surface area contributed by atoms with Crippen molar-refractivity contribution in [1.82, 2.24) is 0 Å². The lowest BCUT2D eigenvalue weighted by molar-refractivity contribution is 0.469. The zero-order chi connectivity index (χ0) is 15.6. The summed E-state index contributed by atoms with van der Waals surface area (Å²) in [6, 6.07) is 8.51. The summed E-state index contributed by atoms with van der Waals surface area (Å²) in [6.45, 7) is 13.1. The number of hydrogen-bond acceptors (Lipinski definition) is 1. The van der Waals surface area contributed by atoms with Gasteiger partial charge in [0.15, 0.2) is 0 Å². The van der Waals surface area contributed by atoms with Crippen molar-refractivity contribution >= 4 is 0 Å². The lowest BCUT2D eigenvalue weighted by Crippen LogP contribution is -2.00. The second kappa shape index (κ2) is 6.34. The van der Waals surface area contributed by atoms with Gasteiger partial charge in [-0.15, -0.1) is 0 Å². The molecule has 21 heavy (non-hydrogen) atoms. The van der Waals surface area contributed by atoms with E-state index in [1.54, 1.807) is 0 Å². The van der Waals surface area contributed by atoms with Crippen LogP contribution in [0.4, 0.5) is 0 Å². The van der Waals surface area contributed by atoms with Crippen molar-refractivity contribution < 1.29 is 4.74 Å². The Hall–Kier alpha value is -1.76. The summed E-state index contributed by atoms with van der Waals surface area (Å²) < 4.78 is 6.29. The second-order valence-corrected chi connectivity index (χ2v) is 5.78. The lowest BCUT2D eigenvalue weighted by Gasteiger charge is -2.18. The van der Waals surface area contributed by atoms with Crippen molar-refractivity contribution in [2.75, 3.05) is 0 Å². The predicted molar refractivity (Wildman–Crippen MR) is 90.7 cm³/mol. The van der Waals surface area contributed by atoms with E-state index < -0.39 is 0 Å². The Labute approximate surface area is 129 Å². The molecule has 112 valence electrons. The Morgan fingerprint density at radius 3 is 1.38 bits per heavy atom. The molecule has 0 aliphatic rings. The number of aryl methyl sites for hydroxylation is 2. The van der Waals surface area contributed by atoms with Gasteiger partial charge in [-0.25, -0.2) is 0 Å². The van der Waals surface area contributed by atoms with Crippen molar-refractivity contribution in [3.8, 4) is 11.5 Å². The van der Waals surface area contributed by atoms with Gasteiger partial charge in [0, 0.05) is 0 Å². The fraction of sp³-hybridized carbons (Fsp3) is 0.400. The Balaban J connectivity index is 2.48. The van der Waals surface area contributed by atoms with Gasteiger partial charge in [0.25, 0.3) is 0 Å². The monoisotopic (exact) mass is 282 g/mol. The molecule has 0 radical (unpaired) electrons. The van der Waals surface area contributed by atoms with Crippen LogP contribution in [0.25, 0.3) is 0 Å². The highest BCUT2D eigenvalue weighted by molar-refractivity contribution is 5.50. The van der Waals surface area contributed by atoms with Crippen LogP contribution in [-0.2, 0) is 12.8 Å². The van der Waals surface area contributed by atoms with Gasteiger partial charge in [0.05, 0.1) is 0 Å². The lowest BCUT2D eigenvalue weighted by atomic mass is 9.99. The summed E-state index contributed by atoms with van der Waals surface area (Å²) >= 11 is 0. The zero-order valence-corrected chi connectivity index (χ0v) is 14.1. The summed E-state index contributed by atoms with van der Waals surface area (Å²) in [4.78, 5) is 0. The molecule has 1 heteroatoms. The standard InChI is InChI=1S/C20H26O/c1-7-17-15(5)13(3)9-11-19(17)21-20-12-10-14(4)16(6)18(20)8-2/h9-12H,7-8H2,1-6H3. The molecule has 0 heterocycles. The Morgan fingerprint density at radius 1 is 0.667 bits per heavy atom. The molecule has 2 aromatic carbocycles. The SMILES string of the molecule is CCc1c(Oc2ccc(C)c(C)c2CC)ccc(C)c1C. The van der Waals surface area contributed by atoms with Gasteiger partial charge in [-0.05, 0) is 86.1 Å². The van der Waals surface area contributed by atoms with Crippen LogP contribution in [0.3, 0.4) is 0 Å². The highest BCUT2D eigenvalue weighted by Crippen LogP contribution is 2.33. The third-order valence-corrected chi connectivity index (χ3v) is 4.58. The molecule has 0 aromatic heterocycles. The van der Waals surface area contributed by atoms with E-state index in [0.29, 0.717) is 0 Å². The van der Waals surface area contributed by atoms with Crippen molar-refractivity contribution in [1.29, 1.82) is 0 Å². The minimum absolute atomic E-state index is 0.995. The first-order valence-corrected chi connectivity index (χ1v) is 7.85. The van der Waals surface area contributed by atoms with Gasteiger partial charge in [0.1, 0.15) is 11.5 Å². The van der Waals surface area contributed by atoms with Crippen LogP contribution in [0, 0.1) is 27.7 Å². The van der Waals surface area contributed by atoms with Crippen molar-refractivity contribution in [2.24, 2.45) is 0 Å². The fourth-order valence-corrected chi connectivity index (χ4v) is 2.89. The van der Waals surface area contributed by atoms with Gasteiger partial charge in [-0.3, -0.25) is 0 Å². The molecule has 0 unspecified atom stereocenters. The van der Waals surface area contributed by atoms with E-state index >= 15 is 0 Å². The molecular formula is C20H26O. The summed E-state index contributed by atoms with van der Waals surface area (Å²) in [5.41, 5.74) is 7.98. The van der Waals surface area contributed by atoms with E-state index in [2.05, 4.69) is 65.8 Å². The largest absolute Gasteiger partial charge is 0.457 e.